The quantitative estimate of drug-likeness (QED) is 0.726. The van der Waals surface area contributed by atoms with Crippen LogP contribution in [0.1, 0.15) is 19.8 Å². The van der Waals surface area contributed by atoms with Gasteiger partial charge in [0.25, 0.3) is 0 Å². The van der Waals surface area contributed by atoms with Gasteiger partial charge in [-0.15, -0.1) is 0 Å². The van der Waals surface area contributed by atoms with Crippen LogP contribution in [-0.2, 0) is 9.84 Å². The normalized spacial score (nSPS) is 32.1. The van der Waals surface area contributed by atoms with Crippen LogP contribution in [-0.4, -0.2) is 68.0 Å². The van der Waals surface area contributed by atoms with Gasteiger partial charge in [-0.2, -0.15) is 11.8 Å². The van der Waals surface area contributed by atoms with E-state index in [-0.39, 0.29) is 12.1 Å². The predicted molar refractivity (Wildman–Crippen MR) is 78.0 cm³/mol. The molecule has 0 unspecified atom stereocenters. The summed E-state index contributed by atoms with van der Waals surface area (Å²) in [5, 5.41) is 3.46. The molecule has 6 heteroatoms. The lowest BCUT2D eigenvalue weighted by atomic mass is 10.1. The summed E-state index contributed by atoms with van der Waals surface area (Å²) >= 11 is 1.90. The van der Waals surface area contributed by atoms with Crippen molar-refractivity contribution in [2.24, 2.45) is 0 Å². The minimum atomic E-state index is -2.84. The van der Waals surface area contributed by atoms with E-state index in [9.17, 15) is 8.42 Å². The number of nitrogens with zero attached hydrogens (tertiary/aromatic N) is 1. The monoisotopic (exact) mass is 292 g/mol. The van der Waals surface area contributed by atoms with E-state index in [2.05, 4.69) is 17.1 Å². The van der Waals surface area contributed by atoms with Crippen molar-refractivity contribution in [2.45, 2.75) is 31.8 Å². The Kier molecular flexibility index (Phi) is 5.35. The summed E-state index contributed by atoms with van der Waals surface area (Å²) in [7, 11) is -2.84. The third kappa shape index (κ3) is 3.85. The fourth-order valence-electron chi connectivity index (χ4n) is 2.92. The maximum absolute atomic E-state index is 11.8. The Hall–Kier alpha value is 0.220. The molecule has 2 aliphatic heterocycles. The largest absolute Gasteiger partial charge is 0.311 e. The smallest absolute Gasteiger partial charge is 0.153 e. The Morgan fingerprint density at radius 1 is 1.28 bits per heavy atom. The van der Waals surface area contributed by atoms with Gasteiger partial charge >= 0.3 is 0 Å². The zero-order valence-electron chi connectivity index (χ0n) is 11.1. The average Bonchev–Trinajstić information content (AvgIpc) is 2.91. The highest BCUT2D eigenvalue weighted by Gasteiger charge is 2.41. The molecule has 2 atom stereocenters. The molecule has 1 N–H and O–H groups in total. The Morgan fingerprint density at radius 2 is 2.00 bits per heavy atom. The Bertz CT molecular complexity index is 353. The van der Waals surface area contributed by atoms with Gasteiger partial charge in [-0.3, -0.25) is 4.90 Å². The number of nitrogens with one attached hydrogen (secondary N) is 1. The van der Waals surface area contributed by atoms with Gasteiger partial charge in [0.15, 0.2) is 9.84 Å². The van der Waals surface area contributed by atoms with Crippen molar-refractivity contribution in [3.63, 3.8) is 0 Å². The second-order valence-electron chi connectivity index (χ2n) is 5.14. The summed E-state index contributed by atoms with van der Waals surface area (Å²) in [6.45, 7) is 5.21. The highest BCUT2D eigenvalue weighted by molar-refractivity contribution is 7.99. The molecule has 0 amide bonds. The Balaban J connectivity index is 1.88. The zero-order chi connectivity index (χ0) is 13.0. The van der Waals surface area contributed by atoms with Gasteiger partial charge in [-0.25, -0.2) is 8.42 Å². The molecule has 0 saturated carbocycles. The van der Waals surface area contributed by atoms with Gasteiger partial charge in [-0.1, -0.05) is 6.92 Å². The molecule has 0 radical (unpaired) electrons. The van der Waals surface area contributed by atoms with E-state index < -0.39 is 9.84 Å². The van der Waals surface area contributed by atoms with Crippen LogP contribution in [0.2, 0.25) is 0 Å². The van der Waals surface area contributed by atoms with Crippen molar-refractivity contribution in [3.05, 3.63) is 0 Å². The fourth-order valence-corrected chi connectivity index (χ4v) is 5.46. The highest BCUT2D eigenvalue weighted by Crippen LogP contribution is 2.22. The van der Waals surface area contributed by atoms with Gasteiger partial charge in [0.1, 0.15) is 0 Å². The molecule has 2 aliphatic rings. The first kappa shape index (κ1) is 14.6. The van der Waals surface area contributed by atoms with Crippen LogP contribution in [0.5, 0.6) is 0 Å². The summed E-state index contributed by atoms with van der Waals surface area (Å²) in [6.07, 6.45) is 2.43. The average molecular weight is 292 g/mol. The third-order valence-corrected chi connectivity index (χ3v) is 6.41. The standard InChI is InChI=1S/C12H24N2O2S2/c1-2-17-8-5-13-11-9-18(15,16)10-12(11)14-6-3-4-7-14/h11-13H,2-10H2,1H3/t11-,12+/m0/s1. The second kappa shape index (κ2) is 6.59. The first-order valence-corrected chi connectivity index (χ1v) is 9.85. The number of sulfone groups is 1. The lowest BCUT2D eigenvalue weighted by Gasteiger charge is -2.28. The van der Waals surface area contributed by atoms with Crippen LogP contribution in [0, 0.1) is 0 Å². The molecule has 0 spiro atoms. The first-order valence-electron chi connectivity index (χ1n) is 6.88. The van der Waals surface area contributed by atoms with Crippen molar-refractivity contribution >= 4 is 21.6 Å². The number of rotatable bonds is 6. The molecule has 2 fully saturated rings. The van der Waals surface area contributed by atoms with Crippen LogP contribution in [0.3, 0.4) is 0 Å². The summed E-state index contributed by atoms with van der Waals surface area (Å²) in [5.41, 5.74) is 0. The maximum Gasteiger partial charge on any atom is 0.153 e. The van der Waals surface area contributed by atoms with Crippen molar-refractivity contribution in [3.8, 4) is 0 Å². The molecule has 2 rings (SSSR count). The first-order chi connectivity index (χ1) is 8.62. The van der Waals surface area contributed by atoms with Crippen molar-refractivity contribution < 1.29 is 8.42 Å². The topological polar surface area (TPSA) is 49.4 Å². The van der Waals surface area contributed by atoms with E-state index in [4.69, 9.17) is 0 Å². The fraction of sp³-hybridized carbons (Fsp3) is 1.00. The Morgan fingerprint density at radius 3 is 2.67 bits per heavy atom. The van der Waals surface area contributed by atoms with E-state index >= 15 is 0 Å². The van der Waals surface area contributed by atoms with Crippen LogP contribution >= 0.6 is 11.8 Å². The maximum atomic E-state index is 11.8. The lowest BCUT2D eigenvalue weighted by molar-refractivity contribution is 0.228. The minimum absolute atomic E-state index is 0.144. The molecule has 0 aromatic carbocycles. The summed E-state index contributed by atoms with van der Waals surface area (Å²) in [5.74, 6) is 2.87. The van der Waals surface area contributed by atoms with E-state index in [0.29, 0.717) is 11.5 Å². The third-order valence-electron chi connectivity index (χ3n) is 3.79. The van der Waals surface area contributed by atoms with Crippen molar-refractivity contribution in [1.82, 2.24) is 10.2 Å². The second-order valence-corrected chi connectivity index (χ2v) is 8.69. The minimum Gasteiger partial charge on any atom is -0.311 e. The Labute approximate surface area is 115 Å². The molecule has 18 heavy (non-hydrogen) atoms. The van der Waals surface area contributed by atoms with Gasteiger partial charge in [0.2, 0.25) is 0 Å². The molecule has 4 nitrogen and oxygen atoms in total. The predicted octanol–water partition coefficient (Wildman–Crippen LogP) is 0.591. The van der Waals surface area contributed by atoms with E-state index in [1.807, 2.05) is 11.8 Å². The molecule has 2 saturated heterocycles. The van der Waals surface area contributed by atoms with Crippen LogP contribution in [0.15, 0.2) is 0 Å². The van der Waals surface area contributed by atoms with E-state index in [1.54, 1.807) is 0 Å². The molecular formula is C12H24N2O2S2. The van der Waals surface area contributed by atoms with Crippen LogP contribution in [0.25, 0.3) is 0 Å². The van der Waals surface area contributed by atoms with Crippen molar-refractivity contribution in [2.75, 3.05) is 42.6 Å². The van der Waals surface area contributed by atoms with Gasteiger partial charge in [0, 0.05) is 24.4 Å². The number of thioether (sulfide) groups is 1. The molecular weight excluding hydrogens is 268 g/mol. The van der Waals surface area contributed by atoms with Crippen molar-refractivity contribution in [1.29, 1.82) is 0 Å². The van der Waals surface area contributed by atoms with Gasteiger partial charge in [0.05, 0.1) is 11.5 Å². The number of likely N-dealkylation sites (tertiary alicyclic amines) is 1. The molecule has 0 aromatic heterocycles. The van der Waals surface area contributed by atoms with Gasteiger partial charge < -0.3 is 5.32 Å². The van der Waals surface area contributed by atoms with E-state index in [0.717, 1.165) is 31.1 Å². The van der Waals surface area contributed by atoms with Gasteiger partial charge in [-0.05, 0) is 31.7 Å². The highest BCUT2D eigenvalue weighted by atomic mass is 32.2. The van der Waals surface area contributed by atoms with E-state index in [1.165, 1.54) is 12.8 Å². The summed E-state index contributed by atoms with van der Waals surface area (Å²) in [4.78, 5) is 2.37. The molecule has 106 valence electrons. The van der Waals surface area contributed by atoms with Crippen LogP contribution in [0.4, 0.5) is 0 Å². The number of hydrogen-bond donors (Lipinski definition) is 1. The lowest BCUT2D eigenvalue weighted by Crippen LogP contribution is -2.48. The SMILES string of the molecule is CCSCCN[C@H]1CS(=O)(=O)C[C@H]1N1CCCC1. The summed E-state index contributed by atoms with van der Waals surface area (Å²) < 4.78 is 23.7. The van der Waals surface area contributed by atoms with Crippen LogP contribution < -0.4 is 5.32 Å². The molecule has 2 heterocycles. The molecule has 0 bridgehead atoms. The molecule has 0 aromatic rings. The zero-order valence-corrected chi connectivity index (χ0v) is 12.7. The summed E-state index contributed by atoms with van der Waals surface area (Å²) in [6, 6.07) is 0.356. The molecule has 0 aliphatic carbocycles. The number of hydrogen-bond acceptors (Lipinski definition) is 5.